The number of carbonyl (C=O) groups is 1. The largest absolute Gasteiger partial charge is 0.478 e. The lowest BCUT2D eigenvalue weighted by atomic mass is 10.6. The summed E-state index contributed by atoms with van der Waals surface area (Å²) in [5, 5.41) is 10.5. The van der Waals surface area contributed by atoms with Crippen molar-refractivity contribution in [1.29, 1.82) is 0 Å². The lowest BCUT2D eigenvalue weighted by Crippen LogP contribution is -2.10. The topological polar surface area (TPSA) is 84.3 Å². The van der Waals surface area contributed by atoms with Crippen molar-refractivity contribution in [1.82, 2.24) is 9.97 Å². The van der Waals surface area contributed by atoms with Crippen molar-refractivity contribution < 1.29 is 14.6 Å². The monoisotopic (exact) mass is 203 g/mol. The highest BCUT2D eigenvalue weighted by Crippen LogP contribution is 2.19. The van der Waals surface area contributed by atoms with Crippen molar-refractivity contribution in [2.24, 2.45) is 0 Å². The zero-order valence-electron chi connectivity index (χ0n) is 6.61. The fourth-order valence-corrected chi connectivity index (χ4v) is 0.807. The number of aromatic nitrogens is 2. The van der Waals surface area contributed by atoms with Crippen molar-refractivity contribution in [3.63, 3.8) is 0 Å². The van der Waals surface area contributed by atoms with Gasteiger partial charge in [-0.1, -0.05) is 11.6 Å². The molecule has 0 aliphatic carbocycles. The van der Waals surface area contributed by atoms with Crippen LogP contribution in [0.4, 0.5) is 10.6 Å². The van der Waals surface area contributed by atoms with E-state index in [4.69, 9.17) is 21.4 Å². The number of hydrogen-bond acceptors (Lipinski definition) is 4. The van der Waals surface area contributed by atoms with Gasteiger partial charge in [-0.05, 0) is 0 Å². The average molecular weight is 204 g/mol. The molecule has 6 nitrogen and oxygen atoms in total. The Hall–Kier alpha value is -1.56. The average Bonchev–Trinajstić information content (AvgIpc) is 2.07. The Morgan fingerprint density at radius 3 is 3.00 bits per heavy atom. The van der Waals surface area contributed by atoms with E-state index in [0.29, 0.717) is 0 Å². The maximum atomic E-state index is 10.3. The quantitative estimate of drug-likeness (QED) is 0.755. The molecule has 2 N–H and O–H groups in total. The Morgan fingerprint density at radius 1 is 1.77 bits per heavy atom. The van der Waals surface area contributed by atoms with Crippen LogP contribution < -0.4 is 10.1 Å². The molecule has 7 heteroatoms. The fraction of sp³-hybridized carbons (Fsp3) is 0.167. The number of carboxylic acid groups (broad SMARTS) is 1. The molecule has 1 aromatic heterocycles. The van der Waals surface area contributed by atoms with Gasteiger partial charge >= 0.3 is 6.09 Å². The molecule has 0 spiro atoms. The van der Waals surface area contributed by atoms with Gasteiger partial charge < -0.3 is 9.84 Å². The number of anilines is 1. The SMILES string of the molecule is COc1nc(Cl)cnc1NC(=O)O. The second kappa shape index (κ2) is 3.90. The van der Waals surface area contributed by atoms with Gasteiger partial charge in [-0.15, -0.1) is 0 Å². The summed E-state index contributed by atoms with van der Waals surface area (Å²) < 4.78 is 4.74. The zero-order valence-corrected chi connectivity index (χ0v) is 7.37. The van der Waals surface area contributed by atoms with Gasteiger partial charge in [0.05, 0.1) is 13.3 Å². The normalized spacial score (nSPS) is 9.38. The molecule has 1 amide bonds. The first-order valence-electron chi connectivity index (χ1n) is 3.20. The van der Waals surface area contributed by atoms with Gasteiger partial charge in [0.1, 0.15) is 0 Å². The molecule has 13 heavy (non-hydrogen) atoms. The van der Waals surface area contributed by atoms with Crippen LogP contribution in [0.15, 0.2) is 6.20 Å². The van der Waals surface area contributed by atoms with Gasteiger partial charge in [0.2, 0.25) is 0 Å². The van der Waals surface area contributed by atoms with Crippen LogP contribution in [0.2, 0.25) is 5.15 Å². The molecular formula is C6H6ClN3O3. The Morgan fingerprint density at radius 2 is 2.46 bits per heavy atom. The van der Waals surface area contributed by atoms with E-state index in [1.807, 2.05) is 5.32 Å². The molecule has 0 aliphatic rings. The predicted octanol–water partition coefficient (Wildman–Crippen LogP) is 1.23. The van der Waals surface area contributed by atoms with E-state index in [0.717, 1.165) is 0 Å². The number of ether oxygens (including phenoxy) is 1. The van der Waals surface area contributed by atoms with Crippen molar-refractivity contribution in [3.05, 3.63) is 11.3 Å². The second-order valence-electron chi connectivity index (χ2n) is 1.98. The molecular weight excluding hydrogens is 198 g/mol. The lowest BCUT2D eigenvalue weighted by molar-refractivity contribution is 0.209. The summed E-state index contributed by atoms with van der Waals surface area (Å²) in [5.74, 6) is 0.0503. The van der Waals surface area contributed by atoms with Crippen LogP contribution in [0.25, 0.3) is 0 Å². The van der Waals surface area contributed by atoms with Crippen molar-refractivity contribution in [2.75, 3.05) is 12.4 Å². The van der Waals surface area contributed by atoms with E-state index < -0.39 is 6.09 Å². The summed E-state index contributed by atoms with van der Waals surface area (Å²) in [5.41, 5.74) is 0. The highest BCUT2D eigenvalue weighted by molar-refractivity contribution is 6.29. The molecule has 0 unspecified atom stereocenters. The van der Waals surface area contributed by atoms with E-state index in [1.165, 1.54) is 13.3 Å². The summed E-state index contributed by atoms with van der Waals surface area (Å²) in [4.78, 5) is 17.6. The first kappa shape index (κ1) is 9.53. The standard InChI is InChI=1S/C6H6ClN3O3/c1-13-5-4(10-6(11)12)8-2-3(7)9-5/h2H,1H3,(H,8,10)(H,11,12). The van der Waals surface area contributed by atoms with Crippen LogP contribution in [0.5, 0.6) is 5.88 Å². The van der Waals surface area contributed by atoms with E-state index in [2.05, 4.69) is 9.97 Å². The summed E-state index contributed by atoms with van der Waals surface area (Å²) in [6.07, 6.45) is -0.0232. The van der Waals surface area contributed by atoms with Gasteiger partial charge in [-0.3, -0.25) is 5.32 Å². The third-order valence-electron chi connectivity index (χ3n) is 1.13. The minimum atomic E-state index is -1.24. The van der Waals surface area contributed by atoms with Crippen LogP contribution in [-0.2, 0) is 0 Å². The molecule has 0 saturated heterocycles. The molecule has 0 aliphatic heterocycles. The van der Waals surface area contributed by atoms with Crippen LogP contribution >= 0.6 is 11.6 Å². The molecule has 70 valence electrons. The summed E-state index contributed by atoms with van der Waals surface area (Å²) in [6, 6.07) is 0. The number of halogens is 1. The van der Waals surface area contributed by atoms with Crippen molar-refractivity contribution in [3.8, 4) is 5.88 Å². The van der Waals surface area contributed by atoms with Crippen LogP contribution in [0, 0.1) is 0 Å². The molecule has 0 fully saturated rings. The minimum absolute atomic E-state index is 0.0133. The number of rotatable bonds is 2. The van der Waals surface area contributed by atoms with Gasteiger partial charge in [0.15, 0.2) is 11.0 Å². The molecule has 1 aromatic rings. The molecule has 1 rings (SSSR count). The Kier molecular flexibility index (Phi) is 2.86. The summed E-state index contributed by atoms with van der Waals surface area (Å²) in [7, 11) is 1.34. The van der Waals surface area contributed by atoms with E-state index in [1.54, 1.807) is 0 Å². The van der Waals surface area contributed by atoms with Crippen LogP contribution in [0.3, 0.4) is 0 Å². The number of hydrogen-bond donors (Lipinski definition) is 2. The maximum Gasteiger partial charge on any atom is 0.410 e. The number of amides is 1. The Labute approximate surface area is 78.5 Å². The predicted molar refractivity (Wildman–Crippen MR) is 45.2 cm³/mol. The minimum Gasteiger partial charge on any atom is -0.478 e. The number of methoxy groups -OCH3 is 1. The van der Waals surface area contributed by atoms with Crippen LogP contribution in [0.1, 0.15) is 0 Å². The van der Waals surface area contributed by atoms with Gasteiger partial charge in [0, 0.05) is 0 Å². The Balaban J connectivity index is 2.99. The second-order valence-corrected chi connectivity index (χ2v) is 2.37. The first-order valence-corrected chi connectivity index (χ1v) is 3.57. The molecule has 0 aromatic carbocycles. The fourth-order valence-electron chi connectivity index (χ4n) is 0.681. The van der Waals surface area contributed by atoms with E-state index in [-0.39, 0.29) is 16.9 Å². The lowest BCUT2D eigenvalue weighted by Gasteiger charge is -2.04. The smallest absolute Gasteiger partial charge is 0.410 e. The molecule has 0 radical (unpaired) electrons. The van der Waals surface area contributed by atoms with Gasteiger partial charge in [0.25, 0.3) is 5.88 Å². The molecule has 0 saturated carbocycles. The third-order valence-corrected chi connectivity index (χ3v) is 1.31. The van der Waals surface area contributed by atoms with Crippen molar-refractivity contribution in [2.45, 2.75) is 0 Å². The summed E-state index contributed by atoms with van der Waals surface area (Å²) in [6.45, 7) is 0. The van der Waals surface area contributed by atoms with Gasteiger partial charge in [-0.25, -0.2) is 9.78 Å². The Bertz CT molecular complexity index is 331. The molecule has 0 atom stereocenters. The first-order chi connectivity index (χ1) is 6.13. The third kappa shape index (κ3) is 2.45. The molecule has 0 bridgehead atoms. The number of nitrogens with one attached hydrogen (secondary N) is 1. The van der Waals surface area contributed by atoms with Gasteiger partial charge in [-0.2, -0.15) is 4.98 Å². The van der Waals surface area contributed by atoms with Crippen LogP contribution in [-0.4, -0.2) is 28.3 Å². The van der Waals surface area contributed by atoms with E-state index in [9.17, 15) is 4.79 Å². The highest BCUT2D eigenvalue weighted by atomic mass is 35.5. The zero-order chi connectivity index (χ0) is 9.84. The molecule has 1 heterocycles. The highest BCUT2D eigenvalue weighted by Gasteiger charge is 2.09. The maximum absolute atomic E-state index is 10.3. The number of nitrogens with zero attached hydrogens (tertiary/aromatic N) is 2. The summed E-state index contributed by atoms with van der Waals surface area (Å²) >= 11 is 5.50. The van der Waals surface area contributed by atoms with E-state index >= 15 is 0 Å². The van der Waals surface area contributed by atoms with Crippen molar-refractivity contribution >= 4 is 23.5 Å².